The van der Waals surface area contributed by atoms with Gasteiger partial charge < -0.3 is 14.8 Å². The fraction of sp³-hybridized carbons (Fsp3) is 0.286. The fourth-order valence-electron chi connectivity index (χ4n) is 3.02. The smallest absolute Gasteiger partial charge is 0.321 e. The van der Waals surface area contributed by atoms with Crippen LogP contribution < -0.4 is 10.1 Å². The second-order valence-corrected chi connectivity index (χ2v) is 6.61. The van der Waals surface area contributed by atoms with Gasteiger partial charge in [0.2, 0.25) is 0 Å². The van der Waals surface area contributed by atoms with Crippen LogP contribution in [0.15, 0.2) is 54.7 Å². The van der Waals surface area contributed by atoms with Crippen molar-refractivity contribution < 1.29 is 14.6 Å². The van der Waals surface area contributed by atoms with E-state index in [1.165, 1.54) is 0 Å². The third-order valence-electron chi connectivity index (χ3n) is 4.27. The zero-order valence-electron chi connectivity index (χ0n) is 15.0. The van der Waals surface area contributed by atoms with Gasteiger partial charge in [-0.05, 0) is 31.5 Å². The van der Waals surface area contributed by atoms with Crippen LogP contribution in [0.2, 0.25) is 0 Å². The van der Waals surface area contributed by atoms with E-state index >= 15 is 0 Å². The summed E-state index contributed by atoms with van der Waals surface area (Å²) in [6.45, 7) is 4.38. The summed E-state index contributed by atoms with van der Waals surface area (Å²) >= 11 is 0. The van der Waals surface area contributed by atoms with E-state index in [-0.39, 0.29) is 6.10 Å². The third kappa shape index (κ3) is 4.24. The van der Waals surface area contributed by atoms with Crippen LogP contribution in [0.3, 0.4) is 0 Å². The molecule has 136 valence electrons. The van der Waals surface area contributed by atoms with Crippen LogP contribution in [0.1, 0.15) is 25.0 Å². The van der Waals surface area contributed by atoms with Gasteiger partial charge >= 0.3 is 5.97 Å². The number of para-hydroxylation sites is 2. The number of carboxylic acids is 1. The number of aliphatic carboxylic acids is 1. The van der Waals surface area contributed by atoms with Gasteiger partial charge in [0.15, 0.2) is 0 Å². The van der Waals surface area contributed by atoms with Gasteiger partial charge in [-0.2, -0.15) is 0 Å². The first-order valence-electron chi connectivity index (χ1n) is 8.80. The topological polar surface area (TPSA) is 74.3 Å². The lowest BCUT2D eigenvalue weighted by Gasteiger charge is -2.17. The highest BCUT2D eigenvalue weighted by molar-refractivity contribution is 5.84. The van der Waals surface area contributed by atoms with Gasteiger partial charge in [-0.15, -0.1) is 0 Å². The van der Waals surface area contributed by atoms with Gasteiger partial charge in [-0.1, -0.05) is 36.4 Å². The molecule has 0 bridgehead atoms. The maximum Gasteiger partial charge on any atom is 0.321 e. The number of H-pyrrole nitrogens is 1. The Morgan fingerprint density at radius 3 is 2.62 bits per heavy atom. The lowest BCUT2D eigenvalue weighted by Crippen LogP contribution is -2.38. The van der Waals surface area contributed by atoms with Crippen LogP contribution >= 0.6 is 0 Å². The zero-order chi connectivity index (χ0) is 18.5. The molecule has 0 fully saturated rings. The lowest BCUT2D eigenvalue weighted by atomic mass is 10.0. The van der Waals surface area contributed by atoms with Crippen molar-refractivity contribution in [1.29, 1.82) is 0 Å². The molecule has 1 atom stereocenters. The second kappa shape index (κ2) is 8.06. The molecule has 3 N–H and O–H groups in total. The van der Waals surface area contributed by atoms with Crippen molar-refractivity contribution in [2.45, 2.75) is 39.0 Å². The number of ether oxygens (including phenoxy) is 1. The number of carboxylic acid groups (broad SMARTS) is 1. The molecule has 5 nitrogen and oxygen atoms in total. The van der Waals surface area contributed by atoms with Crippen molar-refractivity contribution in [2.24, 2.45) is 0 Å². The second-order valence-electron chi connectivity index (χ2n) is 6.61. The quantitative estimate of drug-likeness (QED) is 0.577. The summed E-state index contributed by atoms with van der Waals surface area (Å²) in [5.74, 6) is -0.0798. The molecule has 0 aliphatic heterocycles. The molecule has 0 spiro atoms. The van der Waals surface area contributed by atoms with Gasteiger partial charge in [-0.3, -0.25) is 10.1 Å². The van der Waals surface area contributed by atoms with Crippen LogP contribution in [0.5, 0.6) is 5.75 Å². The molecule has 0 saturated carbocycles. The molecule has 0 aliphatic carbocycles. The normalized spacial score (nSPS) is 12.4. The first-order valence-corrected chi connectivity index (χ1v) is 8.80. The van der Waals surface area contributed by atoms with Gasteiger partial charge in [0.1, 0.15) is 11.8 Å². The summed E-state index contributed by atoms with van der Waals surface area (Å²) in [5.41, 5.74) is 2.96. The van der Waals surface area contributed by atoms with E-state index in [0.717, 1.165) is 27.8 Å². The molecule has 0 unspecified atom stereocenters. The molecular weight excluding hydrogens is 328 g/mol. The van der Waals surface area contributed by atoms with Crippen molar-refractivity contribution in [2.75, 3.05) is 0 Å². The SMILES string of the molecule is CC(C)Oc1ccccc1CN[C@H](Cc1c[nH]c2ccccc12)C(=O)O. The van der Waals surface area contributed by atoms with Gasteiger partial charge in [0.25, 0.3) is 0 Å². The molecule has 1 aromatic heterocycles. The Morgan fingerprint density at radius 1 is 1.12 bits per heavy atom. The maximum absolute atomic E-state index is 11.7. The highest BCUT2D eigenvalue weighted by Crippen LogP contribution is 2.21. The fourth-order valence-corrected chi connectivity index (χ4v) is 3.02. The van der Waals surface area contributed by atoms with E-state index in [2.05, 4.69) is 10.3 Å². The summed E-state index contributed by atoms with van der Waals surface area (Å²) in [7, 11) is 0. The Morgan fingerprint density at radius 2 is 1.85 bits per heavy atom. The van der Waals surface area contributed by atoms with Crippen molar-refractivity contribution in [3.8, 4) is 5.75 Å². The summed E-state index contributed by atoms with van der Waals surface area (Å²) in [6, 6.07) is 14.9. The number of hydrogen-bond donors (Lipinski definition) is 3. The number of rotatable bonds is 8. The molecule has 3 rings (SSSR count). The average Bonchev–Trinajstić information content (AvgIpc) is 3.02. The molecular formula is C21H24N2O3. The standard InChI is InChI=1S/C21H24N2O3/c1-14(2)26-20-10-6-3-7-15(20)12-23-19(21(24)25)11-16-13-22-18-9-5-4-8-17(16)18/h3-10,13-14,19,22-23H,11-12H2,1-2H3,(H,24,25)/t19-/m1/s1. The Bertz CT molecular complexity index is 886. The third-order valence-corrected chi connectivity index (χ3v) is 4.27. The first-order chi connectivity index (χ1) is 12.5. The van der Waals surface area contributed by atoms with E-state index in [4.69, 9.17) is 4.74 Å². The van der Waals surface area contributed by atoms with Crippen molar-refractivity contribution in [3.63, 3.8) is 0 Å². The molecule has 3 aromatic rings. The van der Waals surface area contributed by atoms with Crippen molar-refractivity contribution >= 4 is 16.9 Å². The number of fused-ring (bicyclic) bond motifs is 1. The molecule has 0 saturated heterocycles. The molecule has 5 heteroatoms. The molecule has 0 amide bonds. The molecule has 26 heavy (non-hydrogen) atoms. The lowest BCUT2D eigenvalue weighted by molar-refractivity contribution is -0.139. The van der Waals surface area contributed by atoms with E-state index in [9.17, 15) is 9.90 Å². The number of benzene rings is 2. The van der Waals surface area contributed by atoms with Gasteiger partial charge in [0, 0.05) is 35.6 Å². The van der Waals surface area contributed by atoms with E-state index in [1.807, 2.05) is 68.6 Å². The van der Waals surface area contributed by atoms with E-state index in [1.54, 1.807) is 0 Å². The van der Waals surface area contributed by atoms with Gasteiger partial charge in [-0.25, -0.2) is 0 Å². The summed E-state index contributed by atoms with van der Waals surface area (Å²) in [6.07, 6.45) is 2.36. The molecule has 0 radical (unpaired) electrons. The maximum atomic E-state index is 11.7. The van der Waals surface area contributed by atoms with Gasteiger partial charge in [0.05, 0.1) is 6.10 Å². The number of nitrogens with one attached hydrogen (secondary N) is 2. The minimum Gasteiger partial charge on any atom is -0.491 e. The van der Waals surface area contributed by atoms with Crippen LogP contribution in [0.25, 0.3) is 10.9 Å². The molecule has 2 aromatic carbocycles. The summed E-state index contributed by atoms with van der Waals surface area (Å²) in [4.78, 5) is 14.9. The minimum absolute atomic E-state index is 0.0673. The zero-order valence-corrected chi connectivity index (χ0v) is 15.0. The Hall–Kier alpha value is -2.79. The van der Waals surface area contributed by atoms with Crippen molar-refractivity contribution in [1.82, 2.24) is 10.3 Å². The Balaban J connectivity index is 1.73. The van der Waals surface area contributed by atoms with Crippen LogP contribution in [0.4, 0.5) is 0 Å². The summed E-state index contributed by atoms with van der Waals surface area (Å²) in [5, 5.41) is 13.9. The van der Waals surface area contributed by atoms with E-state index < -0.39 is 12.0 Å². The average molecular weight is 352 g/mol. The Kier molecular flexibility index (Phi) is 5.58. The van der Waals surface area contributed by atoms with E-state index in [0.29, 0.717) is 13.0 Å². The predicted octanol–water partition coefficient (Wildman–Crippen LogP) is 3.74. The predicted molar refractivity (Wildman–Crippen MR) is 102 cm³/mol. The first kappa shape index (κ1) is 18.0. The van der Waals surface area contributed by atoms with Crippen LogP contribution in [-0.2, 0) is 17.8 Å². The highest BCUT2D eigenvalue weighted by Gasteiger charge is 2.20. The van der Waals surface area contributed by atoms with Crippen LogP contribution in [-0.4, -0.2) is 28.2 Å². The van der Waals surface area contributed by atoms with Crippen LogP contribution in [0, 0.1) is 0 Å². The van der Waals surface area contributed by atoms with Crippen molar-refractivity contribution in [3.05, 3.63) is 65.9 Å². The molecule has 1 heterocycles. The number of aromatic amines is 1. The number of carbonyl (C=O) groups is 1. The number of hydrogen-bond acceptors (Lipinski definition) is 3. The highest BCUT2D eigenvalue weighted by atomic mass is 16.5. The monoisotopic (exact) mass is 352 g/mol. The largest absolute Gasteiger partial charge is 0.491 e. The summed E-state index contributed by atoms with van der Waals surface area (Å²) < 4.78 is 5.81. The number of aromatic nitrogens is 1. The minimum atomic E-state index is -0.863. The Labute approximate surface area is 153 Å². The molecule has 0 aliphatic rings.